The smallest absolute Gasteiger partial charge is 0.411 e. The van der Waals surface area contributed by atoms with Gasteiger partial charge in [0.15, 0.2) is 17.0 Å². The lowest BCUT2D eigenvalue weighted by atomic mass is 9.97. The number of imidazole rings is 1. The number of anilines is 2. The first-order valence-corrected chi connectivity index (χ1v) is 16.7. The number of rotatable bonds is 10. The molecule has 4 aromatic carbocycles. The second-order valence-corrected chi connectivity index (χ2v) is 12.7. The summed E-state index contributed by atoms with van der Waals surface area (Å²) >= 11 is 0. The van der Waals surface area contributed by atoms with Crippen LogP contribution in [0, 0.1) is 6.92 Å². The number of fused-ring (bicyclic) bond motifs is 1. The van der Waals surface area contributed by atoms with Crippen LogP contribution in [0.25, 0.3) is 16.7 Å². The topological polar surface area (TPSA) is 50.4 Å². The average molecular weight is 656 g/mol. The molecule has 0 bridgehead atoms. The first kappa shape index (κ1) is 33.1. The van der Waals surface area contributed by atoms with Crippen LogP contribution in [0.15, 0.2) is 97.1 Å². The van der Waals surface area contributed by atoms with Crippen LogP contribution in [0.5, 0.6) is 0 Å². The van der Waals surface area contributed by atoms with E-state index < -0.39 is 24.8 Å². The van der Waals surface area contributed by atoms with Gasteiger partial charge in [-0.05, 0) is 91.3 Å². The minimum atomic E-state index is -4.73. The maximum Gasteiger partial charge on any atom is 0.411 e. The number of carbonyl (C=O) groups is 1. The number of carbonyl (C=O) groups excluding carboxylic acids is 1. The Morgan fingerprint density at radius 1 is 0.917 bits per heavy atom. The molecule has 5 aromatic rings. The second-order valence-electron chi connectivity index (χ2n) is 12.7. The zero-order valence-corrected chi connectivity index (χ0v) is 27.6. The van der Waals surface area contributed by atoms with Gasteiger partial charge in [0.2, 0.25) is 0 Å². The van der Waals surface area contributed by atoms with Gasteiger partial charge in [-0.2, -0.15) is 17.7 Å². The summed E-state index contributed by atoms with van der Waals surface area (Å²) in [5, 5.41) is 2.68. The summed E-state index contributed by atoms with van der Waals surface area (Å²) in [4.78, 5) is 15.4. The largest absolute Gasteiger partial charge is 0.448 e. The van der Waals surface area contributed by atoms with Crippen molar-refractivity contribution in [1.29, 1.82) is 0 Å². The molecule has 1 amide bonds. The van der Waals surface area contributed by atoms with Gasteiger partial charge >= 0.3 is 12.3 Å². The highest BCUT2D eigenvalue weighted by Crippen LogP contribution is 2.37. The van der Waals surface area contributed by atoms with Gasteiger partial charge < -0.3 is 9.64 Å². The summed E-state index contributed by atoms with van der Waals surface area (Å²) in [7, 11) is 0. The zero-order valence-electron chi connectivity index (χ0n) is 27.6. The van der Waals surface area contributed by atoms with Crippen LogP contribution in [0.3, 0.4) is 0 Å². The average Bonchev–Trinajstić information content (AvgIpc) is 3.73. The Hall–Kier alpha value is -4.79. The molecule has 0 aliphatic carbocycles. The first-order valence-electron chi connectivity index (χ1n) is 16.7. The van der Waals surface area contributed by atoms with E-state index in [1.807, 2.05) is 61.5 Å². The van der Waals surface area contributed by atoms with Gasteiger partial charge in [-0.1, -0.05) is 68.4 Å². The van der Waals surface area contributed by atoms with Crippen LogP contribution >= 0.6 is 0 Å². The Kier molecular flexibility index (Phi) is 9.76. The maximum atomic E-state index is 15.3. The SMILES string of the molecule is CCC(C)c1cccc(C[n+]2c(C(COC(=O)Nc3ccc(N4CCCC4)cc3C)C(F)(F)F)n(-c3ccccc3)c3ccccc32)c1. The van der Waals surface area contributed by atoms with Crippen LogP contribution in [-0.2, 0) is 11.3 Å². The van der Waals surface area contributed by atoms with E-state index in [2.05, 4.69) is 36.2 Å². The van der Waals surface area contributed by atoms with Gasteiger partial charge in [0, 0.05) is 24.5 Å². The molecule has 6 rings (SSSR count). The van der Waals surface area contributed by atoms with Gasteiger partial charge in [-0.15, -0.1) is 0 Å². The second kappa shape index (κ2) is 14.1. The van der Waals surface area contributed by atoms with E-state index >= 15 is 13.2 Å². The number of aryl methyl sites for hydroxylation is 1. The van der Waals surface area contributed by atoms with E-state index in [-0.39, 0.29) is 12.4 Å². The Bertz CT molecular complexity index is 1880. The number of nitrogens with zero attached hydrogens (tertiary/aromatic N) is 3. The summed E-state index contributed by atoms with van der Waals surface area (Å²) in [6, 6.07) is 30.1. The predicted octanol–water partition coefficient (Wildman–Crippen LogP) is 9.28. The number of benzene rings is 4. The molecule has 1 aromatic heterocycles. The number of alkyl halides is 3. The lowest BCUT2D eigenvalue weighted by Crippen LogP contribution is -2.44. The fourth-order valence-electron chi connectivity index (χ4n) is 6.60. The van der Waals surface area contributed by atoms with Crippen LogP contribution in [-0.4, -0.2) is 36.5 Å². The standard InChI is InChI=1S/C39H41F3N4O2/c1-4-27(2)30-14-12-13-29(24-30)25-45-35-17-8-9-18-36(35)46(31-15-6-5-7-16-31)37(45)33(39(40,41)42)26-48-38(47)43-34-20-19-32(23-28(34)3)44-21-10-11-22-44/h5-9,12-20,23-24,27,33H,4,10-11,21-22,25-26H2,1-3H3/p+1. The van der Waals surface area contributed by atoms with E-state index in [4.69, 9.17) is 4.74 Å². The Morgan fingerprint density at radius 2 is 1.65 bits per heavy atom. The molecule has 0 spiro atoms. The first-order chi connectivity index (χ1) is 23.1. The number of ether oxygens (including phenoxy) is 1. The number of amides is 1. The highest BCUT2D eigenvalue weighted by molar-refractivity contribution is 5.86. The fourth-order valence-corrected chi connectivity index (χ4v) is 6.60. The van der Waals surface area contributed by atoms with Crippen molar-refractivity contribution < 1.29 is 27.3 Å². The number of hydrogen-bond acceptors (Lipinski definition) is 3. The number of para-hydroxylation sites is 3. The third kappa shape index (κ3) is 7.05. The maximum absolute atomic E-state index is 15.3. The van der Waals surface area contributed by atoms with Crippen LogP contribution in [0.1, 0.15) is 67.5 Å². The normalized spacial score (nSPS) is 14.7. The van der Waals surface area contributed by atoms with E-state index in [0.29, 0.717) is 28.3 Å². The lowest BCUT2D eigenvalue weighted by Gasteiger charge is -2.21. The van der Waals surface area contributed by atoms with Gasteiger partial charge in [0.25, 0.3) is 5.82 Å². The molecular weight excluding hydrogens is 613 g/mol. The van der Waals surface area contributed by atoms with Crippen molar-refractivity contribution in [2.75, 3.05) is 29.9 Å². The Labute approximate surface area is 279 Å². The van der Waals surface area contributed by atoms with Crippen molar-refractivity contribution >= 4 is 28.5 Å². The number of aromatic nitrogens is 2. The van der Waals surface area contributed by atoms with Crippen LogP contribution in [0.2, 0.25) is 0 Å². The minimum absolute atomic E-state index is 0.0113. The van der Waals surface area contributed by atoms with Gasteiger partial charge in [-0.25, -0.2) is 9.36 Å². The number of hydrogen-bond donors (Lipinski definition) is 1. The fraction of sp³-hybridized carbons (Fsp3) is 0.333. The Morgan fingerprint density at radius 3 is 2.35 bits per heavy atom. The lowest BCUT2D eigenvalue weighted by molar-refractivity contribution is -0.674. The molecule has 2 atom stereocenters. The minimum Gasteiger partial charge on any atom is -0.448 e. The van der Waals surface area contributed by atoms with Gasteiger partial charge in [-0.3, -0.25) is 5.32 Å². The van der Waals surface area contributed by atoms with Crippen molar-refractivity contribution in [3.63, 3.8) is 0 Å². The van der Waals surface area contributed by atoms with E-state index in [9.17, 15) is 4.79 Å². The molecule has 1 fully saturated rings. The molecule has 9 heteroatoms. The summed E-state index contributed by atoms with van der Waals surface area (Å²) < 4.78 is 54.6. The molecule has 0 radical (unpaired) electrons. The Balaban J connectivity index is 1.37. The van der Waals surface area contributed by atoms with Crippen molar-refractivity contribution in [3.05, 3.63) is 120 Å². The van der Waals surface area contributed by atoms with E-state index in [0.717, 1.165) is 54.7 Å². The summed E-state index contributed by atoms with van der Waals surface area (Å²) in [6.45, 7) is 7.41. The van der Waals surface area contributed by atoms with E-state index in [1.165, 1.54) is 0 Å². The summed E-state index contributed by atoms with van der Waals surface area (Å²) in [5.74, 6) is -1.81. The van der Waals surface area contributed by atoms with Crippen molar-refractivity contribution in [2.45, 2.75) is 64.6 Å². The third-order valence-corrected chi connectivity index (χ3v) is 9.41. The summed E-state index contributed by atoms with van der Waals surface area (Å²) in [6.07, 6.45) is -2.43. The predicted molar refractivity (Wildman–Crippen MR) is 184 cm³/mol. The molecule has 1 aliphatic rings. The molecule has 1 aliphatic heterocycles. The van der Waals surface area contributed by atoms with Crippen molar-refractivity contribution in [2.24, 2.45) is 0 Å². The van der Waals surface area contributed by atoms with E-state index in [1.54, 1.807) is 39.5 Å². The molecule has 1 N–H and O–H groups in total. The van der Waals surface area contributed by atoms with Crippen LogP contribution in [0.4, 0.5) is 29.3 Å². The number of nitrogens with one attached hydrogen (secondary N) is 1. The molecular formula is C39H42F3N4O2+. The molecule has 6 nitrogen and oxygen atoms in total. The third-order valence-electron chi connectivity index (χ3n) is 9.41. The highest BCUT2D eigenvalue weighted by Gasteiger charge is 2.50. The monoisotopic (exact) mass is 655 g/mol. The van der Waals surface area contributed by atoms with Gasteiger partial charge in [0.1, 0.15) is 18.8 Å². The number of halogens is 3. The molecule has 1 saturated heterocycles. The van der Waals surface area contributed by atoms with Crippen molar-refractivity contribution in [3.8, 4) is 5.69 Å². The van der Waals surface area contributed by atoms with Crippen molar-refractivity contribution in [1.82, 2.24) is 4.57 Å². The molecule has 48 heavy (non-hydrogen) atoms. The molecule has 2 unspecified atom stereocenters. The molecule has 250 valence electrons. The summed E-state index contributed by atoms with van der Waals surface area (Å²) in [5.41, 5.74) is 6.27. The zero-order chi connectivity index (χ0) is 33.8. The van der Waals surface area contributed by atoms with Gasteiger partial charge in [0.05, 0.1) is 0 Å². The molecule has 0 saturated carbocycles. The highest BCUT2D eigenvalue weighted by atomic mass is 19.4. The van der Waals surface area contributed by atoms with Crippen LogP contribution < -0.4 is 14.8 Å². The quantitative estimate of drug-likeness (QED) is 0.153. The molecule has 2 heterocycles.